The molecular formula is C20H21N5OS2. The van der Waals surface area contributed by atoms with E-state index in [4.69, 9.17) is 0 Å². The first-order chi connectivity index (χ1) is 13.5. The van der Waals surface area contributed by atoms with Crippen molar-refractivity contribution >= 4 is 33.3 Å². The van der Waals surface area contributed by atoms with Crippen molar-refractivity contribution < 1.29 is 0 Å². The Kier molecular flexibility index (Phi) is 5.07. The van der Waals surface area contributed by atoms with E-state index in [9.17, 15) is 4.79 Å². The Morgan fingerprint density at radius 1 is 1.18 bits per heavy atom. The van der Waals surface area contributed by atoms with Gasteiger partial charge in [0.2, 0.25) is 0 Å². The molecule has 4 aromatic rings. The van der Waals surface area contributed by atoms with Crippen LogP contribution in [-0.4, -0.2) is 24.7 Å². The van der Waals surface area contributed by atoms with Crippen molar-refractivity contribution in [3.63, 3.8) is 0 Å². The molecule has 1 N–H and O–H groups in total. The maximum atomic E-state index is 12.5. The largest absolute Gasteiger partial charge is 0.309 e. The highest BCUT2D eigenvalue weighted by molar-refractivity contribution is 7.98. The fourth-order valence-corrected chi connectivity index (χ4v) is 5.13. The first kappa shape index (κ1) is 18.9. The predicted molar refractivity (Wildman–Crippen MR) is 115 cm³/mol. The fraction of sp³-hybridized carbons (Fsp3) is 0.300. The Morgan fingerprint density at radius 3 is 2.71 bits per heavy atom. The summed E-state index contributed by atoms with van der Waals surface area (Å²) in [4.78, 5) is 22.0. The van der Waals surface area contributed by atoms with Crippen LogP contribution in [0.3, 0.4) is 0 Å². The van der Waals surface area contributed by atoms with Gasteiger partial charge in [0.25, 0.3) is 5.56 Å². The van der Waals surface area contributed by atoms with Crippen molar-refractivity contribution in [2.45, 2.75) is 45.1 Å². The molecule has 0 saturated heterocycles. The molecule has 0 saturated carbocycles. The molecule has 0 aliphatic heterocycles. The maximum Gasteiger partial charge on any atom is 0.259 e. The number of hydrogen-bond donors (Lipinski definition) is 1. The number of fused-ring (bicyclic) bond motifs is 1. The molecule has 0 spiro atoms. The lowest BCUT2D eigenvalue weighted by atomic mass is 10.1. The van der Waals surface area contributed by atoms with E-state index in [-0.39, 0.29) is 5.56 Å². The minimum absolute atomic E-state index is 0.0694. The third kappa shape index (κ3) is 3.27. The number of aromatic nitrogens is 5. The molecule has 0 atom stereocenters. The molecule has 8 heteroatoms. The average molecular weight is 412 g/mol. The Balaban J connectivity index is 1.63. The molecule has 0 aliphatic rings. The van der Waals surface area contributed by atoms with Gasteiger partial charge in [-0.1, -0.05) is 36.0 Å². The number of benzene rings is 1. The van der Waals surface area contributed by atoms with E-state index in [0.717, 1.165) is 38.4 Å². The normalized spacial score (nSPS) is 11.4. The smallest absolute Gasteiger partial charge is 0.259 e. The van der Waals surface area contributed by atoms with E-state index in [1.165, 1.54) is 17.3 Å². The molecule has 0 fully saturated rings. The van der Waals surface area contributed by atoms with Crippen LogP contribution in [0.2, 0.25) is 0 Å². The number of thioether (sulfide) groups is 1. The number of rotatable bonds is 5. The van der Waals surface area contributed by atoms with Crippen LogP contribution in [0.4, 0.5) is 0 Å². The molecule has 0 radical (unpaired) electrons. The van der Waals surface area contributed by atoms with Crippen molar-refractivity contribution in [1.82, 2.24) is 24.7 Å². The monoisotopic (exact) mass is 411 g/mol. The Labute approximate surface area is 171 Å². The van der Waals surface area contributed by atoms with E-state index in [0.29, 0.717) is 17.0 Å². The van der Waals surface area contributed by atoms with Crippen LogP contribution >= 0.6 is 23.1 Å². The Hall–Kier alpha value is -2.45. The maximum absolute atomic E-state index is 12.5. The van der Waals surface area contributed by atoms with E-state index in [1.54, 1.807) is 11.3 Å². The summed E-state index contributed by atoms with van der Waals surface area (Å²) in [6.45, 7) is 8.91. The number of thiophene rings is 1. The molecule has 0 bridgehead atoms. The summed E-state index contributed by atoms with van der Waals surface area (Å²) in [7, 11) is 0. The number of H-pyrrole nitrogens is 1. The average Bonchev–Trinajstić information content (AvgIpc) is 3.21. The van der Waals surface area contributed by atoms with Crippen LogP contribution in [0.5, 0.6) is 0 Å². The highest BCUT2D eigenvalue weighted by atomic mass is 32.2. The first-order valence-corrected chi connectivity index (χ1v) is 10.9. The van der Waals surface area contributed by atoms with Gasteiger partial charge < -0.3 is 9.55 Å². The molecule has 6 nitrogen and oxygen atoms in total. The Bertz CT molecular complexity index is 1220. The summed E-state index contributed by atoms with van der Waals surface area (Å²) in [5, 5.41) is 10.3. The molecule has 144 valence electrons. The molecule has 3 aromatic heterocycles. The van der Waals surface area contributed by atoms with Crippen LogP contribution in [0.25, 0.3) is 21.6 Å². The summed E-state index contributed by atoms with van der Waals surface area (Å²) in [6.07, 6.45) is 0. The number of nitrogens with zero attached hydrogens (tertiary/aromatic N) is 4. The van der Waals surface area contributed by atoms with Crippen molar-refractivity contribution in [3.05, 3.63) is 56.4 Å². The number of aromatic amines is 1. The fourth-order valence-electron chi connectivity index (χ4n) is 3.20. The van der Waals surface area contributed by atoms with Gasteiger partial charge in [0.15, 0.2) is 11.0 Å². The third-order valence-corrected chi connectivity index (χ3v) is 6.92. The van der Waals surface area contributed by atoms with Gasteiger partial charge in [-0.25, -0.2) is 4.98 Å². The van der Waals surface area contributed by atoms with Gasteiger partial charge in [-0.15, -0.1) is 21.5 Å². The van der Waals surface area contributed by atoms with Gasteiger partial charge >= 0.3 is 0 Å². The molecule has 0 unspecified atom stereocenters. The van der Waals surface area contributed by atoms with Gasteiger partial charge in [-0.3, -0.25) is 4.79 Å². The molecule has 0 aliphatic carbocycles. The van der Waals surface area contributed by atoms with Gasteiger partial charge in [0, 0.05) is 17.0 Å². The second-order valence-electron chi connectivity index (χ2n) is 6.63. The standard InChI is InChI=1S/C20H21N5OS2/c1-5-25-17(14-9-7-6-8-11(14)2)23-24-20(25)27-10-15-21-18(26)16-12(3)13(4)28-19(16)22-15/h6-9H,5,10H2,1-4H3,(H,21,22,26). The van der Waals surface area contributed by atoms with Crippen LogP contribution in [0.1, 0.15) is 28.8 Å². The highest BCUT2D eigenvalue weighted by Crippen LogP contribution is 2.29. The van der Waals surface area contributed by atoms with Crippen LogP contribution in [0, 0.1) is 20.8 Å². The molecule has 0 amide bonds. The zero-order valence-electron chi connectivity index (χ0n) is 16.2. The topological polar surface area (TPSA) is 76.5 Å². The van der Waals surface area contributed by atoms with Crippen molar-refractivity contribution in [1.29, 1.82) is 0 Å². The summed E-state index contributed by atoms with van der Waals surface area (Å²) in [5.74, 6) is 2.06. The summed E-state index contributed by atoms with van der Waals surface area (Å²) in [6, 6.07) is 8.17. The van der Waals surface area contributed by atoms with Crippen LogP contribution < -0.4 is 5.56 Å². The summed E-state index contributed by atoms with van der Waals surface area (Å²) < 4.78 is 2.10. The molecule has 4 rings (SSSR count). The van der Waals surface area contributed by atoms with Crippen molar-refractivity contribution in [2.24, 2.45) is 0 Å². The molecule has 28 heavy (non-hydrogen) atoms. The minimum atomic E-state index is -0.0694. The third-order valence-electron chi connectivity index (χ3n) is 4.85. The zero-order chi connectivity index (χ0) is 19.8. The van der Waals surface area contributed by atoms with Gasteiger partial charge in [0.1, 0.15) is 10.7 Å². The predicted octanol–water partition coefficient (Wildman–Crippen LogP) is 4.48. The van der Waals surface area contributed by atoms with Gasteiger partial charge in [-0.05, 0) is 38.8 Å². The van der Waals surface area contributed by atoms with Crippen molar-refractivity contribution in [2.75, 3.05) is 0 Å². The number of aryl methyl sites for hydroxylation is 3. The summed E-state index contributed by atoms with van der Waals surface area (Å²) in [5.41, 5.74) is 3.20. The second-order valence-corrected chi connectivity index (χ2v) is 8.78. The van der Waals surface area contributed by atoms with E-state index >= 15 is 0 Å². The van der Waals surface area contributed by atoms with Crippen LogP contribution in [-0.2, 0) is 12.3 Å². The van der Waals surface area contributed by atoms with Crippen LogP contribution in [0.15, 0.2) is 34.2 Å². The first-order valence-electron chi connectivity index (χ1n) is 9.10. The van der Waals surface area contributed by atoms with Gasteiger partial charge in [0.05, 0.1) is 11.1 Å². The van der Waals surface area contributed by atoms with Gasteiger partial charge in [-0.2, -0.15) is 0 Å². The summed E-state index contributed by atoms with van der Waals surface area (Å²) >= 11 is 3.10. The zero-order valence-corrected chi connectivity index (χ0v) is 17.9. The molecular weight excluding hydrogens is 390 g/mol. The minimum Gasteiger partial charge on any atom is -0.309 e. The second kappa shape index (κ2) is 7.52. The highest BCUT2D eigenvalue weighted by Gasteiger charge is 2.16. The lowest BCUT2D eigenvalue weighted by Crippen LogP contribution is -2.11. The SMILES string of the molecule is CCn1c(SCc2nc3sc(C)c(C)c3c(=O)[nH]2)nnc1-c1ccccc1C. The quantitative estimate of drug-likeness (QED) is 0.490. The molecule has 3 heterocycles. The van der Waals surface area contributed by atoms with E-state index < -0.39 is 0 Å². The van der Waals surface area contributed by atoms with E-state index in [1.807, 2.05) is 26.0 Å². The number of nitrogens with one attached hydrogen (secondary N) is 1. The Morgan fingerprint density at radius 2 is 1.96 bits per heavy atom. The lowest BCUT2D eigenvalue weighted by Gasteiger charge is -2.09. The lowest BCUT2D eigenvalue weighted by molar-refractivity contribution is 0.686. The number of hydrogen-bond acceptors (Lipinski definition) is 6. The molecule has 1 aromatic carbocycles. The van der Waals surface area contributed by atoms with Crippen molar-refractivity contribution in [3.8, 4) is 11.4 Å². The van der Waals surface area contributed by atoms with E-state index in [2.05, 4.69) is 50.7 Å².